The second-order valence-corrected chi connectivity index (χ2v) is 4.82. The Morgan fingerprint density at radius 1 is 1.35 bits per heavy atom. The maximum atomic E-state index is 5.58. The van der Waals surface area contributed by atoms with Gasteiger partial charge in [0.1, 0.15) is 17.3 Å². The quantitative estimate of drug-likeness (QED) is 0.705. The maximum absolute atomic E-state index is 5.58. The molecule has 0 saturated heterocycles. The summed E-state index contributed by atoms with van der Waals surface area (Å²) in [5.74, 6) is 2.89. The van der Waals surface area contributed by atoms with Gasteiger partial charge in [-0.2, -0.15) is 0 Å². The molecule has 3 aromatic heterocycles. The molecule has 3 nitrogen and oxygen atoms in total. The highest BCUT2D eigenvalue weighted by molar-refractivity contribution is 7.13. The lowest BCUT2D eigenvalue weighted by Gasteiger charge is -2.03. The van der Waals surface area contributed by atoms with Crippen LogP contribution in [0.2, 0.25) is 0 Å². The van der Waals surface area contributed by atoms with Gasteiger partial charge in [-0.3, -0.25) is 0 Å². The van der Waals surface area contributed by atoms with Crippen molar-refractivity contribution in [1.82, 2.24) is 9.55 Å². The molecule has 0 fully saturated rings. The molecular weight excluding hydrogens is 232 g/mol. The van der Waals surface area contributed by atoms with E-state index in [1.165, 1.54) is 4.88 Å². The van der Waals surface area contributed by atoms with E-state index in [9.17, 15) is 0 Å². The minimum atomic E-state index is 0.723. The largest absolute Gasteiger partial charge is 0.464 e. The molecule has 0 unspecified atom stereocenters. The van der Waals surface area contributed by atoms with Gasteiger partial charge in [0.25, 0.3) is 0 Å². The first-order valence-corrected chi connectivity index (χ1v) is 6.31. The van der Waals surface area contributed by atoms with Crippen molar-refractivity contribution in [1.29, 1.82) is 0 Å². The molecule has 0 N–H and O–H groups in total. The molecule has 0 aromatic carbocycles. The smallest absolute Gasteiger partial charge is 0.150 e. The average molecular weight is 244 g/mol. The molecule has 4 heteroatoms. The molecule has 3 rings (SSSR count). The SMILES string of the molecule is Cc1ccc(Cn2ccnc2-c2cccs2)o1. The lowest BCUT2D eigenvalue weighted by atomic mass is 10.4. The van der Waals surface area contributed by atoms with Crippen LogP contribution in [-0.2, 0) is 6.54 Å². The van der Waals surface area contributed by atoms with Crippen LogP contribution in [0.4, 0.5) is 0 Å². The first-order valence-electron chi connectivity index (χ1n) is 5.43. The first-order chi connectivity index (χ1) is 8.33. The number of hydrogen-bond donors (Lipinski definition) is 0. The highest BCUT2D eigenvalue weighted by Crippen LogP contribution is 2.23. The van der Waals surface area contributed by atoms with E-state index in [1.807, 2.05) is 37.5 Å². The Hall–Kier alpha value is -1.81. The van der Waals surface area contributed by atoms with E-state index < -0.39 is 0 Å². The zero-order valence-electron chi connectivity index (χ0n) is 9.46. The van der Waals surface area contributed by atoms with Crippen molar-refractivity contribution in [2.75, 3.05) is 0 Å². The van der Waals surface area contributed by atoms with E-state index >= 15 is 0 Å². The second kappa shape index (κ2) is 4.22. The van der Waals surface area contributed by atoms with Gasteiger partial charge in [-0.1, -0.05) is 6.07 Å². The summed E-state index contributed by atoms with van der Waals surface area (Å²) >= 11 is 1.70. The van der Waals surface area contributed by atoms with E-state index in [-0.39, 0.29) is 0 Å². The summed E-state index contributed by atoms with van der Waals surface area (Å²) in [6, 6.07) is 8.11. The summed E-state index contributed by atoms with van der Waals surface area (Å²) in [5, 5.41) is 2.06. The number of furan rings is 1. The van der Waals surface area contributed by atoms with Gasteiger partial charge in [0, 0.05) is 12.4 Å². The van der Waals surface area contributed by atoms with Gasteiger partial charge in [0.15, 0.2) is 0 Å². The maximum Gasteiger partial charge on any atom is 0.150 e. The van der Waals surface area contributed by atoms with Crippen molar-refractivity contribution in [3.63, 3.8) is 0 Å². The molecule has 0 aliphatic heterocycles. The number of rotatable bonds is 3. The van der Waals surface area contributed by atoms with Crippen LogP contribution < -0.4 is 0 Å². The fourth-order valence-electron chi connectivity index (χ4n) is 1.81. The molecular formula is C13H12N2OS. The Morgan fingerprint density at radius 2 is 2.29 bits per heavy atom. The van der Waals surface area contributed by atoms with E-state index in [1.54, 1.807) is 11.3 Å². The van der Waals surface area contributed by atoms with Crippen LogP contribution in [0.25, 0.3) is 10.7 Å². The standard InChI is InChI=1S/C13H12N2OS/c1-10-4-5-11(16-10)9-15-7-6-14-13(15)12-3-2-8-17-12/h2-8H,9H2,1H3. The molecule has 3 heterocycles. The zero-order chi connectivity index (χ0) is 11.7. The number of aryl methyl sites for hydroxylation is 1. The number of imidazole rings is 1. The third-order valence-electron chi connectivity index (χ3n) is 2.58. The van der Waals surface area contributed by atoms with E-state index in [2.05, 4.69) is 21.0 Å². The molecule has 86 valence electrons. The molecule has 0 aliphatic carbocycles. The highest BCUT2D eigenvalue weighted by atomic mass is 32.1. The minimum absolute atomic E-state index is 0.723. The minimum Gasteiger partial charge on any atom is -0.464 e. The Morgan fingerprint density at radius 3 is 3.00 bits per heavy atom. The van der Waals surface area contributed by atoms with Crippen LogP contribution in [0, 0.1) is 6.92 Å². The number of nitrogens with zero attached hydrogens (tertiary/aromatic N) is 2. The summed E-state index contributed by atoms with van der Waals surface area (Å²) in [7, 11) is 0. The lowest BCUT2D eigenvalue weighted by Crippen LogP contribution is -1.99. The second-order valence-electron chi connectivity index (χ2n) is 3.87. The van der Waals surface area contributed by atoms with Crippen LogP contribution in [-0.4, -0.2) is 9.55 Å². The molecule has 0 amide bonds. The Labute approximate surface area is 103 Å². The normalized spacial score (nSPS) is 10.9. The zero-order valence-corrected chi connectivity index (χ0v) is 10.3. The van der Waals surface area contributed by atoms with Crippen LogP contribution in [0.15, 0.2) is 46.5 Å². The van der Waals surface area contributed by atoms with E-state index in [0.29, 0.717) is 0 Å². The summed E-state index contributed by atoms with van der Waals surface area (Å²) in [6.07, 6.45) is 3.80. The fourth-order valence-corrected chi connectivity index (χ4v) is 2.54. The predicted octanol–water partition coefficient (Wildman–Crippen LogP) is 3.56. The van der Waals surface area contributed by atoms with Gasteiger partial charge in [0.2, 0.25) is 0 Å². The van der Waals surface area contributed by atoms with Gasteiger partial charge < -0.3 is 8.98 Å². The summed E-state index contributed by atoms with van der Waals surface area (Å²) < 4.78 is 7.69. The third kappa shape index (κ3) is 2.03. The summed E-state index contributed by atoms with van der Waals surface area (Å²) in [4.78, 5) is 5.57. The van der Waals surface area contributed by atoms with Gasteiger partial charge in [-0.15, -0.1) is 11.3 Å². The van der Waals surface area contributed by atoms with Crippen LogP contribution in [0.5, 0.6) is 0 Å². The Kier molecular flexibility index (Phi) is 2.57. The Bertz CT molecular complexity index is 607. The highest BCUT2D eigenvalue weighted by Gasteiger charge is 2.08. The molecule has 0 atom stereocenters. The number of thiophene rings is 1. The molecule has 17 heavy (non-hydrogen) atoms. The molecule has 3 aromatic rings. The van der Waals surface area contributed by atoms with Crippen molar-refractivity contribution < 1.29 is 4.42 Å². The Balaban J connectivity index is 1.92. The molecule has 0 radical (unpaired) electrons. The van der Waals surface area contributed by atoms with Gasteiger partial charge >= 0.3 is 0 Å². The molecule has 0 spiro atoms. The molecule has 0 bridgehead atoms. The monoisotopic (exact) mass is 244 g/mol. The van der Waals surface area contributed by atoms with Crippen molar-refractivity contribution in [2.45, 2.75) is 13.5 Å². The first kappa shape index (κ1) is 10.4. The number of aromatic nitrogens is 2. The third-order valence-corrected chi connectivity index (χ3v) is 3.45. The average Bonchev–Trinajstić information content (AvgIpc) is 3.00. The van der Waals surface area contributed by atoms with Gasteiger partial charge in [-0.25, -0.2) is 4.98 Å². The summed E-state index contributed by atoms with van der Waals surface area (Å²) in [6.45, 7) is 2.68. The van der Waals surface area contributed by atoms with Gasteiger partial charge in [-0.05, 0) is 30.5 Å². The topological polar surface area (TPSA) is 31.0 Å². The van der Waals surface area contributed by atoms with Crippen LogP contribution in [0.3, 0.4) is 0 Å². The summed E-state index contributed by atoms with van der Waals surface area (Å²) in [5.41, 5.74) is 0. The van der Waals surface area contributed by atoms with Crippen molar-refractivity contribution in [3.05, 3.63) is 53.6 Å². The lowest BCUT2D eigenvalue weighted by molar-refractivity contribution is 0.471. The molecule has 0 aliphatic rings. The predicted molar refractivity (Wildman–Crippen MR) is 68.1 cm³/mol. The van der Waals surface area contributed by atoms with Crippen molar-refractivity contribution in [2.24, 2.45) is 0 Å². The van der Waals surface area contributed by atoms with Gasteiger partial charge in [0.05, 0.1) is 11.4 Å². The van der Waals surface area contributed by atoms with Crippen LogP contribution >= 0.6 is 11.3 Å². The van der Waals surface area contributed by atoms with Crippen LogP contribution in [0.1, 0.15) is 11.5 Å². The fraction of sp³-hybridized carbons (Fsp3) is 0.154. The van der Waals surface area contributed by atoms with Crippen molar-refractivity contribution >= 4 is 11.3 Å². The molecule has 0 saturated carbocycles. The van der Waals surface area contributed by atoms with E-state index in [0.717, 1.165) is 23.9 Å². The van der Waals surface area contributed by atoms with E-state index in [4.69, 9.17) is 4.42 Å². The van der Waals surface area contributed by atoms with Crippen molar-refractivity contribution in [3.8, 4) is 10.7 Å². The number of hydrogen-bond acceptors (Lipinski definition) is 3.